The van der Waals surface area contributed by atoms with E-state index in [2.05, 4.69) is 20.4 Å². The first kappa shape index (κ1) is 10.5. The summed E-state index contributed by atoms with van der Waals surface area (Å²) >= 11 is 0. The summed E-state index contributed by atoms with van der Waals surface area (Å²) in [5.41, 5.74) is 2.00. The molecule has 0 bridgehead atoms. The van der Waals surface area contributed by atoms with Gasteiger partial charge in [-0.15, -0.1) is 10.2 Å². The third-order valence-corrected chi connectivity index (χ3v) is 2.21. The SMILES string of the molecule is Cc1cn(C)nc1N=Nc1nn(C)cc1C. The molecule has 84 valence electrons. The van der Waals surface area contributed by atoms with Crippen molar-refractivity contribution in [3.8, 4) is 0 Å². The van der Waals surface area contributed by atoms with Gasteiger partial charge in [-0.1, -0.05) is 0 Å². The highest BCUT2D eigenvalue weighted by molar-refractivity contribution is 5.38. The van der Waals surface area contributed by atoms with Crippen molar-refractivity contribution in [3.05, 3.63) is 23.5 Å². The minimum Gasteiger partial charge on any atom is -0.273 e. The molecule has 2 heterocycles. The maximum absolute atomic E-state index is 4.18. The number of aromatic nitrogens is 4. The Morgan fingerprint density at radius 3 is 1.50 bits per heavy atom. The van der Waals surface area contributed by atoms with Crippen LogP contribution in [0.1, 0.15) is 11.1 Å². The van der Waals surface area contributed by atoms with E-state index in [0.717, 1.165) is 11.1 Å². The summed E-state index contributed by atoms with van der Waals surface area (Å²) in [4.78, 5) is 0. The molecule has 2 aromatic heterocycles. The Kier molecular flexibility index (Phi) is 2.55. The second kappa shape index (κ2) is 3.88. The van der Waals surface area contributed by atoms with Crippen molar-refractivity contribution in [1.82, 2.24) is 19.6 Å². The zero-order chi connectivity index (χ0) is 11.7. The number of nitrogens with zero attached hydrogens (tertiary/aromatic N) is 6. The van der Waals surface area contributed by atoms with E-state index >= 15 is 0 Å². The van der Waals surface area contributed by atoms with E-state index in [9.17, 15) is 0 Å². The number of azo groups is 1. The Bertz CT molecular complexity index is 485. The minimum absolute atomic E-state index is 0.632. The van der Waals surface area contributed by atoms with Crippen LogP contribution < -0.4 is 0 Å². The average Bonchev–Trinajstić information content (AvgIpc) is 2.66. The number of hydrogen-bond acceptors (Lipinski definition) is 4. The van der Waals surface area contributed by atoms with Crippen LogP contribution in [0, 0.1) is 13.8 Å². The van der Waals surface area contributed by atoms with E-state index in [0.29, 0.717) is 11.6 Å². The summed E-state index contributed by atoms with van der Waals surface area (Å²) in [7, 11) is 3.72. The number of hydrogen-bond donors (Lipinski definition) is 0. The van der Waals surface area contributed by atoms with Gasteiger partial charge in [0.2, 0.25) is 0 Å². The van der Waals surface area contributed by atoms with E-state index < -0.39 is 0 Å². The van der Waals surface area contributed by atoms with Crippen LogP contribution in [0.2, 0.25) is 0 Å². The molecule has 0 atom stereocenters. The molecule has 0 aliphatic rings. The Balaban J connectivity index is 2.27. The van der Waals surface area contributed by atoms with E-state index in [1.54, 1.807) is 9.36 Å². The molecule has 2 rings (SSSR count). The van der Waals surface area contributed by atoms with Crippen molar-refractivity contribution >= 4 is 11.6 Å². The van der Waals surface area contributed by atoms with Gasteiger partial charge in [0.25, 0.3) is 0 Å². The topological polar surface area (TPSA) is 60.4 Å². The highest BCUT2D eigenvalue weighted by Gasteiger charge is 2.04. The number of rotatable bonds is 2. The second-order valence-corrected chi connectivity index (χ2v) is 3.82. The van der Waals surface area contributed by atoms with Crippen molar-refractivity contribution in [2.24, 2.45) is 24.3 Å². The van der Waals surface area contributed by atoms with Gasteiger partial charge in [0.1, 0.15) is 0 Å². The quantitative estimate of drug-likeness (QED) is 0.725. The van der Waals surface area contributed by atoms with Crippen LogP contribution in [0.4, 0.5) is 11.6 Å². The second-order valence-electron chi connectivity index (χ2n) is 3.82. The smallest absolute Gasteiger partial charge is 0.198 e. The van der Waals surface area contributed by atoms with Gasteiger partial charge >= 0.3 is 0 Å². The van der Waals surface area contributed by atoms with E-state index in [1.165, 1.54) is 0 Å². The molecule has 0 amide bonds. The van der Waals surface area contributed by atoms with Crippen LogP contribution in [0.25, 0.3) is 0 Å². The summed E-state index contributed by atoms with van der Waals surface area (Å²) in [6.45, 7) is 3.90. The van der Waals surface area contributed by atoms with Gasteiger partial charge in [-0.2, -0.15) is 10.2 Å². The first-order chi connectivity index (χ1) is 7.56. The molecule has 6 nitrogen and oxygen atoms in total. The van der Waals surface area contributed by atoms with Gasteiger partial charge in [0, 0.05) is 37.6 Å². The van der Waals surface area contributed by atoms with Crippen LogP contribution in [0.5, 0.6) is 0 Å². The molecule has 0 saturated heterocycles. The van der Waals surface area contributed by atoms with Crippen molar-refractivity contribution in [1.29, 1.82) is 0 Å². The molecular formula is C10H14N6. The lowest BCUT2D eigenvalue weighted by molar-refractivity contribution is 0.759. The third kappa shape index (κ3) is 2.00. The predicted molar refractivity (Wildman–Crippen MR) is 60.1 cm³/mol. The maximum Gasteiger partial charge on any atom is 0.198 e. The zero-order valence-corrected chi connectivity index (χ0v) is 9.84. The van der Waals surface area contributed by atoms with Gasteiger partial charge in [0.05, 0.1) is 0 Å². The molecule has 6 heteroatoms. The molecule has 16 heavy (non-hydrogen) atoms. The molecule has 0 radical (unpaired) electrons. The van der Waals surface area contributed by atoms with Crippen LogP contribution >= 0.6 is 0 Å². The van der Waals surface area contributed by atoms with Gasteiger partial charge in [-0.3, -0.25) is 9.36 Å². The average molecular weight is 218 g/mol. The molecule has 0 aliphatic carbocycles. The van der Waals surface area contributed by atoms with E-state index in [4.69, 9.17) is 0 Å². The molecule has 0 aliphatic heterocycles. The predicted octanol–water partition coefficient (Wildman–Crippen LogP) is 2.19. The lowest BCUT2D eigenvalue weighted by Crippen LogP contribution is -1.85. The molecular weight excluding hydrogens is 204 g/mol. The van der Waals surface area contributed by atoms with E-state index in [1.807, 2.05) is 40.3 Å². The Hall–Kier alpha value is -1.98. The van der Waals surface area contributed by atoms with Crippen LogP contribution in [-0.4, -0.2) is 19.6 Å². The summed E-state index contributed by atoms with van der Waals surface area (Å²) < 4.78 is 3.43. The normalized spacial score (nSPS) is 11.5. The molecule has 2 aromatic rings. The van der Waals surface area contributed by atoms with Crippen LogP contribution in [-0.2, 0) is 14.1 Å². The lowest BCUT2D eigenvalue weighted by atomic mass is 10.4. The van der Waals surface area contributed by atoms with Crippen molar-refractivity contribution in [2.75, 3.05) is 0 Å². The van der Waals surface area contributed by atoms with Crippen molar-refractivity contribution in [3.63, 3.8) is 0 Å². The Morgan fingerprint density at radius 1 is 0.875 bits per heavy atom. The lowest BCUT2D eigenvalue weighted by Gasteiger charge is -1.87. The fourth-order valence-electron chi connectivity index (χ4n) is 1.48. The summed E-state index contributed by atoms with van der Waals surface area (Å²) in [5.74, 6) is 1.26. The fraction of sp³-hybridized carbons (Fsp3) is 0.400. The van der Waals surface area contributed by atoms with Gasteiger partial charge in [-0.25, -0.2) is 0 Å². The van der Waals surface area contributed by atoms with Crippen LogP contribution in [0.15, 0.2) is 22.6 Å². The highest BCUT2D eigenvalue weighted by atomic mass is 15.3. The van der Waals surface area contributed by atoms with Gasteiger partial charge in [0.15, 0.2) is 11.6 Å². The first-order valence-corrected chi connectivity index (χ1v) is 4.98. The molecule has 0 saturated carbocycles. The van der Waals surface area contributed by atoms with Crippen molar-refractivity contribution in [2.45, 2.75) is 13.8 Å². The summed E-state index contributed by atoms with van der Waals surface area (Å²) in [6, 6.07) is 0. The number of aryl methyl sites for hydroxylation is 4. The standard InChI is InChI=1S/C10H14N6/c1-7-5-15(3)13-9(7)11-12-10-8(2)6-16(4)14-10/h5-6H,1-4H3. The summed E-state index contributed by atoms with van der Waals surface area (Å²) in [5, 5.41) is 16.5. The maximum atomic E-state index is 4.18. The largest absolute Gasteiger partial charge is 0.273 e. The third-order valence-electron chi connectivity index (χ3n) is 2.21. The van der Waals surface area contributed by atoms with Crippen molar-refractivity contribution < 1.29 is 0 Å². The molecule has 0 N–H and O–H groups in total. The Labute approximate surface area is 93.6 Å². The Morgan fingerprint density at radius 2 is 1.25 bits per heavy atom. The van der Waals surface area contributed by atoms with Gasteiger partial charge in [-0.05, 0) is 13.8 Å². The molecule has 0 unspecified atom stereocenters. The molecule has 0 fully saturated rings. The fourth-order valence-corrected chi connectivity index (χ4v) is 1.48. The highest BCUT2D eigenvalue weighted by Crippen LogP contribution is 2.20. The molecule has 0 aromatic carbocycles. The van der Waals surface area contributed by atoms with Crippen LogP contribution in [0.3, 0.4) is 0 Å². The first-order valence-electron chi connectivity index (χ1n) is 4.98. The monoisotopic (exact) mass is 218 g/mol. The van der Waals surface area contributed by atoms with Gasteiger partial charge < -0.3 is 0 Å². The zero-order valence-electron chi connectivity index (χ0n) is 9.84. The summed E-state index contributed by atoms with van der Waals surface area (Å²) in [6.07, 6.45) is 3.80. The van der Waals surface area contributed by atoms with E-state index in [-0.39, 0.29) is 0 Å². The molecule has 0 spiro atoms. The minimum atomic E-state index is 0.632.